The van der Waals surface area contributed by atoms with E-state index < -0.39 is 17.5 Å². The van der Waals surface area contributed by atoms with Crippen molar-refractivity contribution in [3.63, 3.8) is 0 Å². The number of carbonyl (C=O) groups excluding carboxylic acids is 2. The van der Waals surface area contributed by atoms with Crippen LogP contribution in [0.5, 0.6) is 0 Å². The van der Waals surface area contributed by atoms with Crippen LogP contribution >= 0.6 is 12.4 Å². The molecule has 0 bridgehead atoms. The highest BCUT2D eigenvalue weighted by Gasteiger charge is 2.16. The molecular formula is C15H20ClF2N3O2. The van der Waals surface area contributed by atoms with Crippen LogP contribution in [-0.4, -0.2) is 49.4 Å². The van der Waals surface area contributed by atoms with E-state index in [-0.39, 0.29) is 30.4 Å². The van der Waals surface area contributed by atoms with E-state index in [0.29, 0.717) is 32.0 Å². The lowest BCUT2D eigenvalue weighted by atomic mass is 10.2. The zero-order chi connectivity index (χ0) is 15.9. The Labute approximate surface area is 139 Å². The van der Waals surface area contributed by atoms with Gasteiger partial charge >= 0.3 is 0 Å². The third-order valence-corrected chi connectivity index (χ3v) is 3.50. The van der Waals surface area contributed by atoms with Gasteiger partial charge in [-0.1, -0.05) is 0 Å². The molecule has 5 nitrogen and oxygen atoms in total. The molecule has 128 valence electrons. The average molecular weight is 348 g/mol. The lowest BCUT2D eigenvalue weighted by Crippen LogP contribution is -2.46. The first-order chi connectivity index (χ1) is 10.6. The van der Waals surface area contributed by atoms with Gasteiger partial charge in [0.2, 0.25) is 5.91 Å². The zero-order valence-electron chi connectivity index (χ0n) is 12.6. The number of nitrogens with zero attached hydrogens (tertiary/aromatic N) is 1. The SMILES string of the molecule is Cl.O=C(NCCCC(=O)N1CCNCC1)c1ccc(F)cc1F. The van der Waals surface area contributed by atoms with Gasteiger partial charge in [-0.3, -0.25) is 9.59 Å². The highest BCUT2D eigenvalue weighted by molar-refractivity contribution is 5.94. The van der Waals surface area contributed by atoms with E-state index in [1.807, 2.05) is 0 Å². The molecule has 0 aromatic heterocycles. The van der Waals surface area contributed by atoms with Gasteiger partial charge in [-0.15, -0.1) is 12.4 Å². The summed E-state index contributed by atoms with van der Waals surface area (Å²) >= 11 is 0. The fourth-order valence-corrected chi connectivity index (χ4v) is 2.28. The predicted molar refractivity (Wildman–Crippen MR) is 84.6 cm³/mol. The number of benzene rings is 1. The summed E-state index contributed by atoms with van der Waals surface area (Å²) in [6, 6.07) is 2.81. The Morgan fingerprint density at radius 2 is 1.91 bits per heavy atom. The van der Waals surface area contributed by atoms with Gasteiger partial charge in [-0.25, -0.2) is 8.78 Å². The fraction of sp³-hybridized carbons (Fsp3) is 0.467. The molecular weight excluding hydrogens is 328 g/mol. The molecule has 2 amide bonds. The van der Waals surface area contributed by atoms with E-state index in [1.165, 1.54) is 0 Å². The number of carbonyl (C=O) groups is 2. The van der Waals surface area contributed by atoms with Crippen molar-refractivity contribution >= 4 is 24.2 Å². The summed E-state index contributed by atoms with van der Waals surface area (Å²) in [7, 11) is 0. The first-order valence-electron chi connectivity index (χ1n) is 7.29. The molecule has 1 heterocycles. The van der Waals surface area contributed by atoms with Gasteiger partial charge in [-0.2, -0.15) is 0 Å². The van der Waals surface area contributed by atoms with Gasteiger partial charge in [0.15, 0.2) is 0 Å². The van der Waals surface area contributed by atoms with Crippen LogP contribution < -0.4 is 10.6 Å². The zero-order valence-corrected chi connectivity index (χ0v) is 13.4. The Morgan fingerprint density at radius 3 is 2.57 bits per heavy atom. The molecule has 2 rings (SSSR count). The number of rotatable bonds is 5. The minimum Gasteiger partial charge on any atom is -0.352 e. The Bertz CT molecular complexity index is 552. The first kappa shape index (κ1) is 19.3. The lowest BCUT2D eigenvalue weighted by molar-refractivity contribution is -0.131. The Kier molecular flexibility index (Phi) is 7.91. The quantitative estimate of drug-likeness (QED) is 0.790. The van der Waals surface area contributed by atoms with Crippen LogP contribution in [-0.2, 0) is 4.79 Å². The maximum atomic E-state index is 13.4. The maximum Gasteiger partial charge on any atom is 0.254 e. The molecule has 0 saturated carbocycles. The van der Waals surface area contributed by atoms with Crippen LogP contribution in [0.15, 0.2) is 18.2 Å². The number of halogens is 3. The van der Waals surface area contributed by atoms with Gasteiger partial charge in [0.1, 0.15) is 11.6 Å². The summed E-state index contributed by atoms with van der Waals surface area (Å²) in [5.41, 5.74) is -0.199. The molecule has 1 aromatic rings. The smallest absolute Gasteiger partial charge is 0.254 e. The molecule has 0 unspecified atom stereocenters. The molecule has 8 heteroatoms. The van der Waals surface area contributed by atoms with Crippen molar-refractivity contribution in [3.05, 3.63) is 35.4 Å². The normalized spacial score (nSPS) is 14.1. The van der Waals surface area contributed by atoms with E-state index >= 15 is 0 Å². The van der Waals surface area contributed by atoms with E-state index in [1.54, 1.807) is 4.90 Å². The third-order valence-electron chi connectivity index (χ3n) is 3.50. The summed E-state index contributed by atoms with van der Waals surface area (Å²) in [5.74, 6) is -2.17. The third kappa shape index (κ3) is 5.76. The predicted octanol–water partition coefficient (Wildman–Crippen LogP) is 1.33. The summed E-state index contributed by atoms with van der Waals surface area (Å²) in [5, 5.41) is 5.70. The minimum atomic E-state index is -0.894. The van der Waals surface area contributed by atoms with Gasteiger partial charge < -0.3 is 15.5 Å². The van der Waals surface area contributed by atoms with Crippen molar-refractivity contribution in [2.24, 2.45) is 0 Å². The monoisotopic (exact) mass is 347 g/mol. The largest absolute Gasteiger partial charge is 0.352 e. The second kappa shape index (κ2) is 9.42. The van der Waals surface area contributed by atoms with Crippen LogP contribution in [0.4, 0.5) is 8.78 Å². The molecule has 1 fully saturated rings. The van der Waals surface area contributed by atoms with E-state index in [4.69, 9.17) is 0 Å². The van der Waals surface area contributed by atoms with Crippen LogP contribution in [0.25, 0.3) is 0 Å². The number of nitrogens with one attached hydrogen (secondary N) is 2. The van der Waals surface area contributed by atoms with Crippen molar-refractivity contribution in [3.8, 4) is 0 Å². The summed E-state index contributed by atoms with van der Waals surface area (Å²) in [6.45, 7) is 3.27. The van der Waals surface area contributed by atoms with Gasteiger partial charge in [0.05, 0.1) is 5.56 Å². The Morgan fingerprint density at radius 1 is 1.22 bits per heavy atom. The van der Waals surface area contributed by atoms with Gasteiger partial charge in [0, 0.05) is 45.2 Å². The summed E-state index contributed by atoms with van der Waals surface area (Å²) in [6.07, 6.45) is 0.823. The van der Waals surface area contributed by atoms with Crippen molar-refractivity contribution in [1.82, 2.24) is 15.5 Å². The van der Waals surface area contributed by atoms with E-state index in [2.05, 4.69) is 10.6 Å². The van der Waals surface area contributed by atoms with Crippen molar-refractivity contribution < 1.29 is 18.4 Å². The maximum absolute atomic E-state index is 13.4. The van der Waals surface area contributed by atoms with Gasteiger partial charge in [0.25, 0.3) is 5.91 Å². The van der Waals surface area contributed by atoms with Crippen LogP contribution in [0.2, 0.25) is 0 Å². The molecule has 1 aliphatic heterocycles. The molecule has 0 atom stereocenters. The number of hydrogen-bond donors (Lipinski definition) is 2. The molecule has 1 saturated heterocycles. The lowest BCUT2D eigenvalue weighted by Gasteiger charge is -2.27. The Balaban J connectivity index is 0.00000264. The topological polar surface area (TPSA) is 61.4 Å². The number of amides is 2. The molecule has 2 N–H and O–H groups in total. The Hall–Kier alpha value is -1.73. The number of piperazine rings is 1. The summed E-state index contributed by atoms with van der Waals surface area (Å²) in [4.78, 5) is 25.4. The van der Waals surface area contributed by atoms with Crippen LogP contribution in [0.3, 0.4) is 0 Å². The number of hydrogen-bond acceptors (Lipinski definition) is 3. The highest BCUT2D eigenvalue weighted by atomic mass is 35.5. The molecule has 1 aromatic carbocycles. The van der Waals surface area contributed by atoms with E-state index in [9.17, 15) is 18.4 Å². The van der Waals surface area contributed by atoms with E-state index in [0.717, 1.165) is 25.2 Å². The average Bonchev–Trinajstić information content (AvgIpc) is 2.52. The minimum absolute atomic E-state index is 0. The second-order valence-corrected chi connectivity index (χ2v) is 5.11. The van der Waals surface area contributed by atoms with Crippen molar-refractivity contribution in [1.29, 1.82) is 0 Å². The standard InChI is InChI=1S/C15H19F2N3O2.ClH/c16-11-3-4-12(13(17)10-11)15(22)19-5-1-2-14(21)20-8-6-18-7-9-20;/h3-4,10,18H,1-2,5-9H2,(H,19,22);1H. The molecule has 23 heavy (non-hydrogen) atoms. The van der Waals surface area contributed by atoms with Gasteiger partial charge in [-0.05, 0) is 18.6 Å². The molecule has 1 aliphatic rings. The molecule has 0 radical (unpaired) electrons. The van der Waals surface area contributed by atoms with Crippen LogP contribution in [0.1, 0.15) is 23.2 Å². The van der Waals surface area contributed by atoms with Crippen LogP contribution in [0, 0.1) is 11.6 Å². The molecule has 0 aliphatic carbocycles. The summed E-state index contributed by atoms with van der Waals surface area (Å²) < 4.78 is 26.2. The highest BCUT2D eigenvalue weighted by Crippen LogP contribution is 2.09. The first-order valence-corrected chi connectivity index (χ1v) is 7.29. The van der Waals surface area contributed by atoms with Crippen molar-refractivity contribution in [2.75, 3.05) is 32.7 Å². The molecule has 0 spiro atoms. The second-order valence-electron chi connectivity index (χ2n) is 5.11. The van der Waals surface area contributed by atoms with Crippen molar-refractivity contribution in [2.45, 2.75) is 12.8 Å². The fourth-order valence-electron chi connectivity index (χ4n) is 2.28.